The van der Waals surface area contributed by atoms with Crippen LogP contribution in [0.15, 0.2) is 29.2 Å². The van der Waals surface area contributed by atoms with Crippen LogP contribution < -0.4 is 0 Å². The molecule has 0 amide bonds. The molecule has 0 saturated carbocycles. The fourth-order valence-corrected chi connectivity index (χ4v) is 1.65. The Bertz CT molecular complexity index is 436. The first-order valence-corrected chi connectivity index (χ1v) is 4.79. The lowest BCUT2D eigenvalue weighted by molar-refractivity contribution is 0.0690. The molecular weight excluding hydrogens is 200 g/mol. The van der Waals surface area contributed by atoms with Crippen LogP contribution in [-0.4, -0.2) is 21.0 Å². The minimum Gasteiger partial charge on any atom is -0.476 e. The van der Waals surface area contributed by atoms with Crippen molar-refractivity contribution in [3.05, 3.63) is 34.9 Å². The van der Waals surface area contributed by atoms with Crippen LogP contribution >= 0.6 is 11.3 Å². The van der Waals surface area contributed by atoms with Crippen molar-refractivity contribution in [3.8, 4) is 11.3 Å². The number of aromatic carboxylic acids is 1. The van der Waals surface area contributed by atoms with Gasteiger partial charge in [-0.2, -0.15) is 11.3 Å². The number of carboxylic acids is 1. The number of aromatic nitrogens is 2. The Morgan fingerprint density at radius 2 is 2.21 bits per heavy atom. The summed E-state index contributed by atoms with van der Waals surface area (Å²) in [6, 6.07) is 1.91. The van der Waals surface area contributed by atoms with Crippen molar-refractivity contribution >= 4 is 17.3 Å². The van der Waals surface area contributed by atoms with Crippen LogP contribution in [0.5, 0.6) is 0 Å². The molecule has 0 spiro atoms. The molecule has 4 nitrogen and oxygen atoms in total. The van der Waals surface area contributed by atoms with Crippen LogP contribution in [0.25, 0.3) is 11.3 Å². The summed E-state index contributed by atoms with van der Waals surface area (Å²) in [6.07, 6.45) is 2.72. The van der Waals surface area contributed by atoms with Crippen molar-refractivity contribution in [1.82, 2.24) is 9.97 Å². The minimum absolute atomic E-state index is 0.0380. The third kappa shape index (κ3) is 1.62. The lowest BCUT2D eigenvalue weighted by Gasteiger charge is -1.96. The van der Waals surface area contributed by atoms with Gasteiger partial charge in [0.1, 0.15) is 0 Å². The summed E-state index contributed by atoms with van der Waals surface area (Å²) >= 11 is 1.56. The van der Waals surface area contributed by atoms with Gasteiger partial charge in [0.2, 0.25) is 0 Å². The van der Waals surface area contributed by atoms with Crippen molar-refractivity contribution in [3.63, 3.8) is 0 Å². The molecule has 1 N–H and O–H groups in total. The zero-order valence-corrected chi connectivity index (χ0v) is 7.86. The molecule has 2 heterocycles. The van der Waals surface area contributed by atoms with E-state index in [1.165, 1.54) is 12.4 Å². The molecule has 2 rings (SSSR count). The molecule has 5 heteroatoms. The molecule has 0 saturated heterocycles. The summed E-state index contributed by atoms with van der Waals surface area (Å²) in [4.78, 5) is 18.3. The van der Waals surface area contributed by atoms with E-state index in [1.807, 2.05) is 16.8 Å². The molecule has 0 atom stereocenters. The summed E-state index contributed by atoms with van der Waals surface area (Å²) in [6.45, 7) is 0. The molecule has 2 aromatic rings. The maximum absolute atomic E-state index is 10.5. The minimum atomic E-state index is -1.06. The van der Waals surface area contributed by atoms with Crippen LogP contribution in [0.2, 0.25) is 0 Å². The first-order chi connectivity index (χ1) is 6.77. The van der Waals surface area contributed by atoms with E-state index in [9.17, 15) is 4.79 Å². The fraction of sp³-hybridized carbons (Fsp3) is 0. The molecule has 0 aromatic carbocycles. The van der Waals surface area contributed by atoms with Gasteiger partial charge in [-0.25, -0.2) is 9.78 Å². The molecule has 0 radical (unpaired) electrons. The normalized spacial score (nSPS) is 10.0. The Hall–Kier alpha value is -1.75. The Kier molecular flexibility index (Phi) is 2.24. The summed E-state index contributed by atoms with van der Waals surface area (Å²) in [5.74, 6) is -1.06. The van der Waals surface area contributed by atoms with E-state index in [2.05, 4.69) is 9.97 Å². The smallest absolute Gasteiger partial charge is 0.356 e. The second-order valence-electron chi connectivity index (χ2n) is 2.60. The van der Waals surface area contributed by atoms with Gasteiger partial charge in [0.05, 0.1) is 18.1 Å². The van der Waals surface area contributed by atoms with E-state index in [0.29, 0.717) is 5.69 Å². The third-order valence-corrected chi connectivity index (χ3v) is 2.37. The molecule has 0 bridgehead atoms. The number of thiophene rings is 1. The van der Waals surface area contributed by atoms with E-state index in [0.717, 1.165) is 5.56 Å². The Balaban J connectivity index is 2.36. The maximum atomic E-state index is 10.5. The molecule has 70 valence electrons. The van der Waals surface area contributed by atoms with Crippen molar-refractivity contribution in [2.24, 2.45) is 0 Å². The monoisotopic (exact) mass is 206 g/mol. The van der Waals surface area contributed by atoms with E-state index in [-0.39, 0.29) is 5.69 Å². The van der Waals surface area contributed by atoms with E-state index >= 15 is 0 Å². The molecule has 0 aliphatic heterocycles. The van der Waals surface area contributed by atoms with Crippen molar-refractivity contribution in [1.29, 1.82) is 0 Å². The SMILES string of the molecule is O=C(O)c1cnc(-c2ccsc2)cn1. The quantitative estimate of drug-likeness (QED) is 0.815. The van der Waals surface area contributed by atoms with Crippen LogP contribution in [0.1, 0.15) is 10.5 Å². The lowest BCUT2D eigenvalue weighted by Crippen LogP contribution is -2.00. The number of carboxylic acid groups (broad SMARTS) is 1. The summed E-state index contributed by atoms with van der Waals surface area (Å²) in [5.41, 5.74) is 1.61. The number of hydrogen-bond donors (Lipinski definition) is 1. The summed E-state index contributed by atoms with van der Waals surface area (Å²) in [5, 5.41) is 12.5. The predicted molar refractivity (Wildman–Crippen MR) is 52.3 cm³/mol. The van der Waals surface area contributed by atoms with Gasteiger partial charge < -0.3 is 5.11 Å². The third-order valence-electron chi connectivity index (χ3n) is 1.69. The lowest BCUT2D eigenvalue weighted by atomic mass is 10.2. The molecule has 0 aliphatic rings. The first-order valence-electron chi connectivity index (χ1n) is 3.85. The van der Waals surface area contributed by atoms with Gasteiger partial charge >= 0.3 is 5.97 Å². The highest BCUT2D eigenvalue weighted by Crippen LogP contribution is 2.18. The largest absolute Gasteiger partial charge is 0.476 e. The second-order valence-corrected chi connectivity index (χ2v) is 3.38. The summed E-state index contributed by atoms with van der Waals surface area (Å²) in [7, 11) is 0. The zero-order chi connectivity index (χ0) is 9.97. The van der Waals surface area contributed by atoms with Crippen LogP contribution in [-0.2, 0) is 0 Å². The Morgan fingerprint density at radius 3 is 2.71 bits per heavy atom. The van der Waals surface area contributed by atoms with Gasteiger partial charge in [-0.1, -0.05) is 0 Å². The Morgan fingerprint density at radius 1 is 1.36 bits per heavy atom. The van der Waals surface area contributed by atoms with Crippen molar-refractivity contribution < 1.29 is 9.90 Å². The van der Waals surface area contributed by atoms with Gasteiger partial charge in [0, 0.05) is 10.9 Å². The van der Waals surface area contributed by atoms with Crippen molar-refractivity contribution in [2.75, 3.05) is 0 Å². The Labute approximate surface area is 83.9 Å². The molecule has 0 aliphatic carbocycles. The molecular formula is C9H6N2O2S. The highest BCUT2D eigenvalue weighted by molar-refractivity contribution is 7.08. The molecule has 0 unspecified atom stereocenters. The molecule has 14 heavy (non-hydrogen) atoms. The number of carbonyl (C=O) groups is 1. The molecule has 2 aromatic heterocycles. The topological polar surface area (TPSA) is 63.1 Å². The average molecular weight is 206 g/mol. The predicted octanol–water partition coefficient (Wildman–Crippen LogP) is 1.90. The van der Waals surface area contributed by atoms with Gasteiger partial charge in [0.15, 0.2) is 5.69 Å². The molecule has 0 fully saturated rings. The van der Waals surface area contributed by atoms with Gasteiger partial charge in [-0.05, 0) is 11.4 Å². The van der Waals surface area contributed by atoms with E-state index < -0.39 is 5.97 Å². The first kappa shape index (κ1) is 8.83. The average Bonchev–Trinajstić information content (AvgIpc) is 2.71. The van der Waals surface area contributed by atoms with Crippen LogP contribution in [0.4, 0.5) is 0 Å². The van der Waals surface area contributed by atoms with Gasteiger partial charge in [-0.3, -0.25) is 4.98 Å². The maximum Gasteiger partial charge on any atom is 0.356 e. The number of hydrogen-bond acceptors (Lipinski definition) is 4. The van der Waals surface area contributed by atoms with Crippen LogP contribution in [0, 0.1) is 0 Å². The van der Waals surface area contributed by atoms with E-state index in [1.54, 1.807) is 11.3 Å². The van der Waals surface area contributed by atoms with Crippen LogP contribution in [0.3, 0.4) is 0 Å². The zero-order valence-electron chi connectivity index (χ0n) is 7.04. The second kappa shape index (κ2) is 3.55. The standard InChI is InChI=1S/C9H6N2O2S/c12-9(13)8-4-10-7(3-11-8)6-1-2-14-5-6/h1-5H,(H,12,13). The van der Waals surface area contributed by atoms with Gasteiger partial charge in [-0.15, -0.1) is 0 Å². The number of nitrogens with zero attached hydrogens (tertiary/aromatic N) is 2. The van der Waals surface area contributed by atoms with E-state index in [4.69, 9.17) is 5.11 Å². The fourth-order valence-electron chi connectivity index (χ4n) is 0.998. The highest BCUT2D eigenvalue weighted by Gasteiger charge is 2.05. The van der Waals surface area contributed by atoms with Crippen molar-refractivity contribution in [2.45, 2.75) is 0 Å². The number of rotatable bonds is 2. The summed E-state index contributed by atoms with van der Waals surface area (Å²) < 4.78 is 0. The highest BCUT2D eigenvalue weighted by atomic mass is 32.1. The van der Waals surface area contributed by atoms with Gasteiger partial charge in [0.25, 0.3) is 0 Å².